The fourth-order valence-corrected chi connectivity index (χ4v) is 8.22. The van der Waals surface area contributed by atoms with Crippen molar-refractivity contribution in [1.29, 1.82) is 0 Å². The third-order valence-electron chi connectivity index (χ3n) is 8.65. The molecular formula is C39H35IN2S. The first-order chi connectivity index (χ1) is 20.7. The van der Waals surface area contributed by atoms with Gasteiger partial charge >= 0.3 is 0 Å². The van der Waals surface area contributed by atoms with Crippen molar-refractivity contribution in [2.45, 2.75) is 56.2 Å². The number of benzene rings is 4. The highest BCUT2D eigenvalue weighted by Crippen LogP contribution is 2.53. The predicted molar refractivity (Wildman–Crippen MR) is 193 cm³/mol. The van der Waals surface area contributed by atoms with Crippen molar-refractivity contribution < 1.29 is 0 Å². The summed E-state index contributed by atoms with van der Waals surface area (Å²) in [5, 5.41) is 1.21. The molecule has 1 aliphatic carbocycles. The van der Waals surface area contributed by atoms with Crippen LogP contribution in [0.2, 0.25) is 0 Å². The first-order valence-corrected chi connectivity index (χ1v) is 16.9. The van der Waals surface area contributed by atoms with Crippen LogP contribution in [0.4, 0.5) is 17.1 Å². The molecule has 0 amide bonds. The van der Waals surface area contributed by atoms with Gasteiger partial charge in [-0.1, -0.05) is 106 Å². The summed E-state index contributed by atoms with van der Waals surface area (Å²) in [4.78, 5) is 10.5. The average molecular weight is 691 g/mol. The summed E-state index contributed by atoms with van der Waals surface area (Å²) in [6, 6.07) is 33.5. The highest BCUT2D eigenvalue weighted by atomic mass is 127. The Morgan fingerprint density at radius 3 is 2.09 bits per heavy atom. The maximum Gasteiger partial charge on any atom is 0.0958 e. The van der Waals surface area contributed by atoms with Crippen molar-refractivity contribution in [3.05, 3.63) is 124 Å². The summed E-state index contributed by atoms with van der Waals surface area (Å²) in [6.07, 6.45) is 5.59. The number of aryl methyl sites for hydroxylation is 1. The van der Waals surface area contributed by atoms with Crippen LogP contribution in [-0.2, 0) is 5.41 Å². The molecule has 7 rings (SSSR count). The van der Waals surface area contributed by atoms with Crippen LogP contribution in [0.15, 0.2) is 117 Å². The molecule has 1 unspecified atom stereocenters. The smallest absolute Gasteiger partial charge is 0.0958 e. The van der Waals surface area contributed by atoms with E-state index < -0.39 is 0 Å². The summed E-state index contributed by atoms with van der Waals surface area (Å²) in [5.41, 5.74) is 12.1. The van der Waals surface area contributed by atoms with Gasteiger partial charge in [-0.3, -0.25) is 0 Å². The maximum atomic E-state index is 5.55. The van der Waals surface area contributed by atoms with Crippen molar-refractivity contribution in [2.24, 2.45) is 5.92 Å². The largest absolute Gasteiger partial charge is 0.306 e. The zero-order chi connectivity index (χ0) is 29.9. The van der Waals surface area contributed by atoms with E-state index in [0.29, 0.717) is 5.92 Å². The molecule has 43 heavy (non-hydrogen) atoms. The van der Waals surface area contributed by atoms with Crippen LogP contribution in [0.3, 0.4) is 0 Å². The molecule has 0 bridgehead atoms. The molecule has 5 aromatic rings. The second-order valence-electron chi connectivity index (χ2n) is 12.7. The van der Waals surface area contributed by atoms with Crippen molar-refractivity contribution in [3.8, 4) is 11.1 Å². The van der Waals surface area contributed by atoms with Gasteiger partial charge in [-0.2, -0.15) is 0 Å². The molecule has 214 valence electrons. The van der Waals surface area contributed by atoms with Crippen molar-refractivity contribution >= 4 is 67.9 Å². The van der Waals surface area contributed by atoms with Gasteiger partial charge in [0, 0.05) is 15.2 Å². The fraction of sp³-hybridized carbons (Fsp3) is 0.205. The van der Waals surface area contributed by atoms with Crippen LogP contribution in [-0.4, -0.2) is 4.98 Å². The summed E-state index contributed by atoms with van der Waals surface area (Å²) in [6.45, 7) is 11.4. The number of hydrogen-bond acceptors (Lipinski definition) is 3. The van der Waals surface area contributed by atoms with Gasteiger partial charge in [-0.05, 0) is 115 Å². The van der Waals surface area contributed by atoms with Gasteiger partial charge in [0.15, 0.2) is 0 Å². The second kappa shape index (κ2) is 11.0. The summed E-state index contributed by atoms with van der Waals surface area (Å²) in [7, 11) is 0. The second-order valence-corrected chi connectivity index (χ2v) is 15.2. The van der Waals surface area contributed by atoms with Crippen LogP contribution in [0.5, 0.6) is 0 Å². The average Bonchev–Trinajstić information content (AvgIpc) is 2.99. The van der Waals surface area contributed by atoms with Gasteiger partial charge in [-0.15, -0.1) is 0 Å². The van der Waals surface area contributed by atoms with Crippen molar-refractivity contribution in [3.63, 3.8) is 0 Å². The molecule has 4 aromatic carbocycles. The number of allylic oxidation sites excluding steroid dienone is 4. The lowest BCUT2D eigenvalue weighted by Gasteiger charge is -2.33. The molecule has 2 heterocycles. The summed E-state index contributed by atoms with van der Waals surface area (Å²) >= 11 is 4.31. The number of para-hydroxylation sites is 2. The van der Waals surface area contributed by atoms with E-state index in [2.05, 4.69) is 165 Å². The lowest BCUT2D eigenvalue weighted by atomic mass is 9.85. The third-order valence-corrected chi connectivity index (χ3v) is 10.6. The highest BCUT2D eigenvalue weighted by Gasteiger charge is 2.28. The van der Waals surface area contributed by atoms with Crippen LogP contribution < -0.4 is 4.90 Å². The van der Waals surface area contributed by atoms with E-state index in [1.165, 1.54) is 58.0 Å². The Kier molecular flexibility index (Phi) is 7.26. The minimum Gasteiger partial charge on any atom is -0.306 e. The Bertz CT molecular complexity index is 1900. The third kappa shape index (κ3) is 5.12. The predicted octanol–water partition coefficient (Wildman–Crippen LogP) is 12.2. The Morgan fingerprint density at radius 1 is 0.814 bits per heavy atom. The Labute approximate surface area is 273 Å². The first-order valence-electron chi connectivity index (χ1n) is 15.0. The van der Waals surface area contributed by atoms with E-state index in [9.17, 15) is 0 Å². The summed E-state index contributed by atoms with van der Waals surface area (Å²) < 4.78 is 1.39. The zero-order valence-electron chi connectivity index (χ0n) is 25.3. The Hall–Kier alpha value is -3.35. The molecule has 0 radical (unpaired) electrons. The van der Waals surface area contributed by atoms with Crippen molar-refractivity contribution in [1.82, 2.24) is 4.98 Å². The van der Waals surface area contributed by atoms with E-state index in [-0.39, 0.29) is 5.41 Å². The van der Waals surface area contributed by atoms with Gasteiger partial charge in [0.05, 0.1) is 28.3 Å². The van der Waals surface area contributed by atoms with E-state index in [1.54, 1.807) is 0 Å². The molecule has 0 fully saturated rings. The topological polar surface area (TPSA) is 16.1 Å². The Balaban J connectivity index is 1.54. The summed E-state index contributed by atoms with van der Waals surface area (Å²) in [5.74, 6) is 0.402. The molecule has 1 atom stereocenters. The fourth-order valence-electron chi connectivity index (χ4n) is 6.32. The first kappa shape index (κ1) is 28.4. The number of rotatable bonds is 3. The molecule has 1 aliphatic heterocycles. The van der Waals surface area contributed by atoms with Crippen LogP contribution >= 0.6 is 34.4 Å². The molecule has 4 heteroatoms. The minimum atomic E-state index is 0.103. The molecule has 1 aromatic heterocycles. The molecular weight excluding hydrogens is 655 g/mol. The van der Waals surface area contributed by atoms with E-state index >= 15 is 0 Å². The van der Waals surface area contributed by atoms with Crippen LogP contribution in [0, 0.1) is 12.8 Å². The van der Waals surface area contributed by atoms with E-state index in [0.717, 1.165) is 23.3 Å². The lowest BCUT2D eigenvalue weighted by molar-refractivity contribution is 0.590. The Morgan fingerprint density at radius 2 is 1.47 bits per heavy atom. The number of anilines is 3. The molecule has 0 saturated carbocycles. The van der Waals surface area contributed by atoms with E-state index in [4.69, 9.17) is 4.98 Å². The zero-order valence-corrected chi connectivity index (χ0v) is 28.3. The number of halogens is 1. The van der Waals surface area contributed by atoms with Crippen LogP contribution in [0.25, 0.3) is 27.6 Å². The molecule has 2 aliphatic rings. The molecule has 0 saturated heterocycles. The molecule has 0 spiro atoms. The standard InChI is InChI=1S/C39H35IN2S/c1-24-14-21-34(42-32-10-6-8-12-35(32)43-36-13-9-7-11-33(36)42)38-37(24)30(26-15-17-27(18-16-26)39(3,4)5)23-31(41-38)29-20-19-28(40)22-25(29)2/h6-21,23,25H,22H2,1-5H3. The number of pyridine rings is 1. The van der Waals surface area contributed by atoms with Gasteiger partial charge in [0.1, 0.15) is 0 Å². The number of hydrogen-bond donors (Lipinski definition) is 0. The normalized spacial score (nSPS) is 16.4. The molecule has 0 N–H and O–H groups in total. The SMILES string of the molecule is Cc1ccc(N2c3ccccc3Sc3ccccc32)c2nc(C3=CC=C(I)CC3C)cc(-c3ccc(C(C)(C)C)cc3)c12. The lowest BCUT2D eigenvalue weighted by Crippen LogP contribution is -2.16. The van der Waals surface area contributed by atoms with Crippen molar-refractivity contribution in [2.75, 3.05) is 4.90 Å². The van der Waals surface area contributed by atoms with Gasteiger partial charge in [-0.25, -0.2) is 4.98 Å². The van der Waals surface area contributed by atoms with E-state index in [1.807, 2.05) is 11.8 Å². The van der Waals surface area contributed by atoms with Crippen LogP contribution in [0.1, 0.15) is 50.9 Å². The quantitative estimate of drug-likeness (QED) is 0.172. The minimum absolute atomic E-state index is 0.103. The maximum absolute atomic E-state index is 5.55. The van der Waals surface area contributed by atoms with Gasteiger partial charge in [0.25, 0.3) is 0 Å². The number of aromatic nitrogens is 1. The monoisotopic (exact) mass is 690 g/mol. The van der Waals surface area contributed by atoms with Gasteiger partial charge < -0.3 is 4.90 Å². The number of nitrogens with zero attached hydrogens (tertiary/aromatic N) is 2. The highest BCUT2D eigenvalue weighted by molar-refractivity contribution is 14.1. The molecule has 2 nitrogen and oxygen atoms in total. The van der Waals surface area contributed by atoms with Gasteiger partial charge in [0.2, 0.25) is 0 Å². The number of fused-ring (bicyclic) bond motifs is 3.